The molecule has 0 unspecified atom stereocenters. The molecular formula is C13H16FNO2. The minimum absolute atomic E-state index is 0.139. The Morgan fingerprint density at radius 3 is 2.65 bits per heavy atom. The number of benzene rings is 1. The Bertz CT molecular complexity index is 404. The number of rotatable bonds is 3. The second-order valence-electron chi connectivity index (χ2n) is 4.55. The minimum atomic E-state index is -0.723. The minimum Gasteiger partial charge on any atom is -0.481 e. The molecule has 1 aromatic rings. The summed E-state index contributed by atoms with van der Waals surface area (Å²) in [5.41, 5.74) is 1.03. The van der Waals surface area contributed by atoms with Crippen LogP contribution in [0, 0.1) is 11.7 Å². The molecule has 0 aliphatic carbocycles. The van der Waals surface area contributed by atoms with Crippen LogP contribution < -0.4 is 0 Å². The summed E-state index contributed by atoms with van der Waals surface area (Å²) < 4.78 is 12.8. The summed E-state index contributed by atoms with van der Waals surface area (Å²) in [4.78, 5) is 13.0. The number of carboxylic acids is 1. The average Bonchev–Trinajstić information content (AvgIpc) is 2.78. The maximum Gasteiger partial charge on any atom is 0.307 e. The van der Waals surface area contributed by atoms with Crippen molar-refractivity contribution in [2.75, 3.05) is 13.1 Å². The van der Waals surface area contributed by atoms with E-state index in [-0.39, 0.29) is 17.8 Å². The highest BCUT2D eigenvalue weighted by atomic mass is 19.1. The van der Waals surface area contributed by atoms with E-state index in [0.717, 1.165) is 12.1 Å². The third kappa shape index (κ3) is 2.64. The molecule has 0 bridgehead atoms. The van der Waals surface area contributed by atoms with Crippen molar-refractivity contribution in [2.45, 2.75) is 19.4 Å². The van der Waals surface area contributed by atoms with Gasteiger partial charge in [-0.15, -0.1) is 0 Å². The molecule has 1 aliphatic rings. The molecule has 0 radical (unpaired) electrons. The van der Waals surface area contributed by atoms with Gasteiger partial charge in [-0.3, -0.25) is 9.69 Å². The van der Waals surface area contributed by atoms with E-state index in [0.29, 0.717) is 13.0 Å². The van der Waals surface area contributed by atoms with Gasteiger partial charge in [-0.2, -0.15) is 0 Å². The van der Waals surface area contributed by atoms with Crippen LogP contribution in [0.5, 0.6) is 0 Å². The number of likely N-dealkylation sites (tertiary alicyclic amines) is 1. The molecule has 1 fully saturated rings. The van der Waals surface area contributed by atoms with Crippen LogP contribution in [0.3, 0.4) is 0 Å². The van der Waals surface area contributed by atoms with Crippen LogP contribution >= 0.6 is 0 Å². The van der Waals surface area contributed by atoms with Gasteiger partial charge in [-0.1, -0.05) is 12.1 Å². The normalized spacial score (nSPS) is 22.6. The lowest BCUT2D eigenvalue weighted by atomic mass is 10.1. The molecule has 92 valence electrons. The van der Waals surface area contributed by atoms with Crippen molar-refractivity contribution in [2.24, 2.45) is 5.92 Å². The lowest BCUT2D eigenvalue weighted by Crippen LogP contribution is -2.26. The van der Waals surface area contributed by atoms with Crippen LogP contribution in [0.1, 0.15) is 24.9 Å². The first-order valence-electron chi connectivity index (χ1n) is 5.80. The Kier molecular flexibility index (Phi) is 3.43. The molecule has 1 N–H and O–H groups in total. The Morgan fingerprint density at radius 1 is 1.47 bits per heavy atom. The van der Waals surface area contributed by atoms with E-state index < -0.39 is 5.97 Å². The van der Waals surface area contributed by atoms with Crippen molar-refractivity contribution in [3.63, 3.8) is 0 Å². The molecule has 1 saturated heterocycles. The lowest BCUT2D eigenvalue weighted by Gasteiger charge is -2.24. The summed E-state index contributed by atoms with van der Waals surface area (Å²) in [5.74, 6) is -1.23. The van der Waals surface area contributed by atoms with Gasteiger partial charge in [0.15, 0.2) is 0 Å². The Labute approximate surface area is 99.9 Å². The standard InChI is InChI=1S/C13H16FNO2/c1-9(10-2-4-12(14)5-3-10)15-7-6-11(8-15)13(16)17/h2-5,9,11H,6-8H2,1H3,(H,16,17)/t9-,11+/m1/s1. The van der Waals surface area contributed by atoms with Crippen LogP contribution in [0.4, 0.5) is 4.39 Å². The van der Waals surface area contributed by atoms with Gasteiger partial charge in [0.2, 0.25) is 0 Å². The largest absolute Gasteiger partial charge is 0.481 e. The molecule has 0 amide bonds. The number of hydrogen-bond donors (Lipinski definition) is 1. The van der Waals surface area contributed by atoms with Crippen molar-refractivity contribution in [1.29, 1.82) is 0 Å². The van der Waals surface area contributed by atoms with E-state index in [2.05, 4.69) is 4.90 Å². The number of aliphatic carboxylic acids is 1. The van der Waals surface area contributed by atoms with Gasteiger partial charge < -0.3 is 5.11 Å². The maximum absolute atomic E-state index is 12.8. The van der Waals surface area contributed by atoms with Gasteiger partial charge in [-0.25, -0.2) is 4.39 Å². The summed E-state index contributed by atoms with van der Waals surface area (Å²) >= 11 is 0. The molecule has 17 heavy (non-hydrogen) atoms. The van der Waals surface area contributed by atoms with E-state index in [1.807, 2.05) is 6.92 Å². The van der Waals surface area contributed by atoms with Crippen LogP contribution in [-0.2, 0) is 4.79 Å². The fraction of sp³-hybridized carbons (Fsp3) is 0.462. The molecule has 0 aromatic heterocycles. The van der Waals surface area contributed by atoms with Gasteiger partial charge in [0.1, 0.15) is 5.82 Å². The van der Waals surface area contributed by atoms with Crippen molar-refractivity contribution in [1.82, 2.24) is 4.90 Å². The predicted molar refractivity (Wildman–Crippen MR) is 62.1 cm³/mol. The Hall–Kier alpha value is -1.42. The van der Waals surface area contributed by atoms with E-state index in [4.69, 9.17) is 5.11 Å². The second kappa shape index (κ2) is 4.84. The molecule has 0 saturated carbocycles. The zero-order valence-electron chi connectivity index (χ0n) is 9.77. The van der Waals surface area contributed by atoms with E-state index in [1.165, 1.54) is 12.1 Å². The van der Waals surface area contributed by atoms with E-state index >= 15 is 0 Å². The molecule has 0 spiro atoms. The Morgan fingerprint density at radius 2 is 2.12 bits per heavy atom. The lowest BCUT2D eigenvalue weighted by molar-refractivity contribution is -0.141. The number of carboxylic acid groups (broad SMARTS) is 1. The van der Waals surface area contributed by atoms with Crippen molar-refractivity contribution >= 4 is 5.97 Å². The first-order chi connectivity index (χ1) is 8.08. The van der Waals surface area contributed by atoms with Crippen LogP contribution in [0.2, 0.25) is 0 Å². The van der Waals surface area contributed by atoms with E-state index in [1.54, 1.807) is 12.1 Å². The molecule has 3 nitrogen and oxygen atoms in total. The van der Waals surface area contributed by atoms with Gasteiger partial charge in [0.05, 0.1) is 5.92 Å². The summed E-state index contributed by atoms with van der Waals surface area (Å²) in [6.45, 7) is 3.39. The third-order valence-electron chi connectivity index (χ3n) is 3.47. The topological polar surface area (TPSA) is 40.5 Å². The number of carbonyl (C=O) groups is 1. The fourth-order valence-electron chi connectivity index (χ4n) is 2.29. The van der Waals surface area contributed by atoms with Crippen molar-refractivity contribution in [3.8, 4) is 0 Å². The monoisotopic (exact) mass is 237 g/mol. The van der Waals surface area contributed by atoms with Gasteiger partial charge in [0.25, 0.3) is 0 Å². The summed E-state index contributed by atoms with van der Waals surface area (Å²) in [6.07, 6.45) is 0.695. The SMILES string of the molecule is C[C@H](c1ccc(F)cc1)N1CC[C@H](C(=O)O)C1. The molecule has 2 rings (SSSR count). The van der Waals surface area contributed by atoms with Crippen LogP contribution in [0.15, 0.2) is 24.3 Å². The van der Waals surface area contributed by atoms with Crippen molar-refractivity contribution in [3.05, 3.63) is 35.6 Å². The molecule has 1 heterocycles. The zero-order chi connectivity index (χ0) is 12.4. The highest BCUT2D eigenvalue weighted by Gasteiger charge is 2.30. The highest BCUT2D eigenvalue weighted by Crippen LogP contribution is 2.27. The molecule has 1 aliphatic heterocycles. The molecule has 1 aromatic carbocycles. The smallest absolute Gasteiger partial charge is 0.307 e. The molecule has 4 heteroatoms. The Balaban J connectivity index is 2.04. The highest BCUT2D eigenvalue weighted by molar-refractivity contribution is 5.70. The predicted octanol–water partition coefficient (Wildman–Crippen LogP) is 2.29. The summed E-state index contributed by atoms with van der Waals surface area (Å²) in [5, 5.41) is 8.94. The quantitative estimate of drug-likeness (QED) is 0.876. The summed E-state index contributed by atoms with van der Waals surface area (Å²) in [7, 11) is 0. The summed E-state index contributed by atoms with van der Waals surface area (Å²) in [6, 6.07) is 6.54. The first-order valence-corrected chi connectivity index (χ1v) is 5.80. The second-order valence-corrected chi connectivity index (χ2v) is 4.55. The maximum atomic E-state index is 12.8. The van der Waals surface area contributed by atoms with E-state index in [9.17, 15) is 9.18 Å². The van der Waals surface area contributed by atoms with Crippen LogP contribution in [-0.4, -0.2) is 29.1 Å². The van der Waals surface area contributed by atoms with Gasteiger partial charge in [-0.05, 0) is 37.6 Å². The average molecular weight is 237 g/mol. The first kappa shape index (κ1) is 12.0. The number of nitrogens with zero attached hydrogens (tertiary/aromatic N) is 1. The van der Waals surface area contributed by atoms with Crippen LogP contribution in [0.25, 0.3) is 0 Å². The third-order valence-corrected chi connectivity index (χ3v) is 3.47. The fourth-order valence-corrected chi connectivity index (χ4v) is 2.29. The number of halogens is 1. The molecule has 2 atom stereocenters. The zero-order valence-corrected chi connectivity index (χ0v) is 9.77. The van der Waals surface area contributed by atoms with Crippen molar-refractivity contribution < 1.29 is 14.3 Å². The van der Waals surface area contributed by atoms with Gasteiger partial charge in [0, 0.05) is 12.6 Å². The van der Waals surface area contributed by atoms with Gasteiger partial charge >= 0.3 is 5.97 Å². The molecular weight excluding hydrogens is 221 g/mol. The number of hydrogen-bond acceptors (Lipinski definition) is 2.